The number of carbonyl (C=O) groups is 1. The van der Waals surface area contributed by atoms with Gasteiger partial charge in [0, 0.05) is 22.5 Å². The lowest BCUT2D eigenvalue weighted by Gasteiger charge is -2.06. The summed E-state index contributed by atoms with van der Waals surface area (Å²) in [6.45, 7) is 0.308. The van der Waals surface area contributed by atoms with Gasteiger partial charge >= 0.3 is 0 Å². The summed E-state index contributed by atoms with van der Waals surface area (Å²) >= 11 is 3.18. The average Bonchev–Trinajstić information content (AvgIpc) is 2.43. The normalized spacial score (nSPS) is 10.4. The first-order valence-corrected chi connectivity index (χ1v) is 7.21. The standard InChI is InChI=1S/C16H13BrF2O2/c17-12-8-14(19)10-15(9-12)21-7-1-2-16(20)11-3-5-13(18)6-4-11/h3-6,8-10H,1-2,7H2. The fourth-order valence-corrected chi connectivity index (χ4v) is 2.26. The van der Waals surface area contributed by atoms with E-state index in [1.165, 1.54) is 36.4 Å². The molecule has 0 aliphatic carbocycles. The lowest BCUT2D eigenvalue weighted by atomic mass is 10.1. The van der Waals surface area contributed by atoms with Crippen LogP contribution in [-0.4, -0.2) is 12.4 Å². The third kappa shape index (κ3) is 4.93. The van der Waals surface area contributed by atoms with Crippen molar-refractivity contribution in [2.45, 2.75) is 12.8 Å². The van der Waals surface area contributed by atoms with Crippen molar-refractivity contribution in [1.29, 1.82) is 0 Å². The van der Waals surface area contributed by atoms with Crippen LogP contribution in [0.2, 0.25) is 0 Å². The van der Waals surface area contributed by atoms with Crippen molar-refractivity contribution in [2.24, 2.45) is 0 Å². The van der Waals surface area contributed by atoms with Gasteiger partial charge in [-0.25, -0.2) is 8.78 Å². The molecule has 0 aliphatic heterocycles. The number of ketones is 1. The molecule has 0 N–H and O–H groups in total. The van der Waals surface area contributed by atoms with Crippen LogP contribution in [0.25, 0.3) is 0 Å². The van der Waals surface area contributed by atoms with E-state index in [0.29, 0.717) is 35.2 Å². The van der Waals surface area contributed by atoms with E-state index in [1.54, 1.807) is 6.07 Å². The first-order chi connectivity index (χ1) is 10.0. The Morgan fingerprint density at radius 3 is 2.43 bits per heavy atom. The molecule has 0 aliphatic rings. The highest BCUT2D eigenvalue weighted by Crippen LogP contribution is 2.20. The SMILES string of the molecule is O=C(CCCOc1cc(F)cc(Br)c1)c1ccc(F)cc1. The Hall–Kier alpha value is -1.75. The fraction of sp³-hybridized carbons (Fsp3) is 0.188. The minimum absolute atomic E-state index is 0.0703. The molecule has 2 aromatic carbocycles. The van der Waals surface area contributed by atoms with E-state index in [9.17, 15) is 13.6 Å². The molecule has 2 nitrogen and oxygen atoms in total. The van der Waals surface area contributed by atoms with Crippen LogP contribution < -0.4 is 4.74 Å². The van der Waals surface area contributed by atoms with Crippen molar-refractivity contribution in [3.8, 4) is 5.75 Å². The van der Waals surface area contributed by atoms with Crippen LogP contribution in [0.15, 0.2) is 46.9 Å². The molecule has 0 saturated carbocycles. The molecule has 110 valence electrons. The van der Waals surface area contributed by atoms with Crippen LogP contribution in [0.5, 0.6) is 5.75 Å². The van der Waals surface area contributed by atoms with Crippen LogP contribution in [-0.2, 0) is 0 Å². The lowest BCUT2D eigenvalue weighted by molar-refractivity contribution is 0.0973. The number of carbonyl (C=O) groups excluding carboxylic acids is 1. The fourth-order valence-electron chi connectivity index (χ4n) is 1.81. The highest BCUT2D eigenvalue weighted by molar-refractivity contribution is 9.10. The summed E-state index contributed by atoms with van der Waals surface area (Å²) in [5, 5.41) is 0. The highest BCUT2D eigenvalue weighted by atomic mass is 79.9. The Labute approximate surface area is 129 Å². The van der Waals surface area contributed by atoms with Gasteiger partial charge in [-0.15, -0.1) is 0 Å². The Balaban J connectivity index is 1.79. The van der Waals surface area contributed by atoms with Crippen LogP contribution in [0.4, 0.5) is 8.78 Å². The van der Waals surface area contributed by atoms with E-state index in [2.05, 4.69) is 15.9 Å². The number of hydrogen-bond acceptors (Lipinski definition) is 2. The molecule has 21 heavy (non-hydrogen) atoms. The van der Waals surface area contributed by atoms with Gasteiger partial charge in [0.15, 0.2) is 5.78 Å². The molecule has 2 rings (SSSR count). The van der Waals surface area contributed by atoms with Crippen molar-refractivity contribution in [2.75, 3.05) is 6.61 Å². The van der Waals surface area contributed by atoms with Crippen molar-refractivity contribution >= 4 is 21.7 Å². The van der Waals surface area contributed by atoms with Crippen molar-refractivity contribution in [3.05, 3.63) is 64.1 Å². The predicted molar refractivity (Wildman–Crippen MR) is 79.6 cm³/mol. The van der Waals surface area contributed by atoms with E-state index >= 15 is 0 Å². The summed E-state index contributed by atoms with van der Waals surface area (Å²) in [5.41, 5.74) is 0.477. The largest absolute Gasteiger partial charge is 0.493 e. The monoisotopic (exact) mass is 354 g/mol. The predicted octanol–water partition coefficient (Wildman–Crippen LogP) is 4.77. The molecule has 0 saturated heterocycles. The van der Waals surface area contributed by atoms with Gasteiger partial charge < -0.3 is 4.74 Å². The molecule has 0 bridgehead atoms. The average molecular weight is 355 g/mol. The highest BCUT2D eigenvalue weighted by Gasteiger charge is 2.06. The number of halogens is 3. The molecule has 0 radical (unpaired) electrons. The third-order valence-corrected chi connectivity index (χ3v) is 3.28. The molecule has 5 heteroatoms. The van der Waals surface area contributed by atoms with Gasteiger partial charge in [0.05, 0.1) is 6.61 Å². The van der Waals surface area contributed by atoms with Gasteiger partial charge in [-0.3, -0.25) is 4.79 Å². The zero-order chi connectivity index (χ0) is 15.2. The number of Topliss-reactive ketones (excluding diaryl/α,β-unsaturated/α-hetero) is 1. The first-order valence-electron chi connectivity index (χ1n) is 6.42. The molecule has 0 unspecified atom stereocenters. The van der Waals surface area contributed by atoms with Crippen molar-refractivity contribution < 1.29 is 18.3 Å². The van der Waals surface area contributed by atoms with Gasteiger partial charge in [-0.1, -0.05) is 15.9 Å². The van der Waals surface area contributed by atoms with E-state index < -0.39 is 0 Å². The van der Waals surface area contributed by atoms with Crippen LogP contribution >= 0.6 is 15.9 Å². The summed E-state index contributed by atoms with van der Waals surface area (Å²) in [6, 6.07) is 9.72. The molecule has 2 aromatic rings. The lowest BCUT2D eigenvalue weighted by Crippen LogP contribution is -2.04. The second kappa shape index (κ2) is 7.31. The van der Waals surface area contributed by atoms with Crippen molar-refractivity contribution in [3.63, 3.8) is 0 Å². The summed E-state index contributed by atoms with van der Waals surface area (Å²) in [6.07, 6.45) is 0.798. The van der Waals surface area contributed by atoms with Gasteiger partial charge in [-0.2, -0.15) is 0 Å². The van der Waals surface area contributed by atoms with E-state index in [4.69, 9.17) is 4.74 Å². The Kier molecular flexibility index (Phi) is 5.44. The van der Waals surface area contributed by atoms with Gasteiger partial charge in [-0.05, 0) is 42.8 Å². The minimum atomic E-state index is -0.387. The van der Waals surface area contributed by atoms with E-state index in [0.717, 1.165) is 0 Å². The number of hydrogen-bond donors (Lipinski definition) is 0. The molecular formula is C16H13BrF2O2. The molecule has 0 atom stereocenters. The third-order valence-electron chi connectivity index (χ3n) is 2.82. The second-order valence-corrected chi connectivity index (χ2v) is 5.40. The second-order valence-electron chi connectivity index (χ2n) is 4.49. The van der Waals surface area contributed by atoms with Crippen LogP contribution in [0.3, 0.4) is 0 Å². The van der Waals surface area contributed by atoms with Crippen LogP contribution in [0, 0.1) is 11.6 Å². The number of benzene rings is 2. The smallest absolute Gasteiger partial charge is 0.163 e. The number of rotatable bonds is 6. The maximum atomic E-state index is 13.1. The molecule has 0 heterocycles. The van der Waals surface area contributed by atoms with E-state index in [-0.39, 0.29) is 17.4 Å². The molecule has 0 aromatic heterocycles. The van der Waals surface area contributed by atoms with Crippen LogP contribution in [0.1, 0.15) is 23.2 Å². The molecule has 0 amide bonds. The quantitative estimate of drug-likeness (QED) is 0.551. The molecule has 0 spiro atoms. The van der Waals surface area contributed by atoms with E-state index in [1.807, 2.05) is 0 Å². The summed E-state index contributed by atoms with van der Waals surface area (Å²) < 4.78 is 31.9. The number of ether oxygens (including phenoxy) is 1. The zero-order valence-corrected chi connectivity index (χ0v) is 12.7. The topological polar surface area (TPSA) is 26.3 Å². The Morgan fingerprint density at radius 2 is 1.76 bits per heavy atom. The maximum absolute atomic E-state index is 13.1. The summed E-state index contributed by atoms with van der Waals surface area (Å²) in [5.74, 6) is -0.413. The first kappa shape index (κ1) is 15.6. The van der Waals surface area contributed by atoms with Gasteiger partial charge in [0.2, 0.25) is 0 Å². The minimum Gasteiger partial charge on any atom is -0.493 e. The Bertz CT molecular complexity index is 606. The van der Waals surface area contributed by atoms with Crippen molar-refractivity contribution in [1.82, 2.24) is 0 Å². The molecule has 0 fully saturated rings. The summed E-state index contributed by atoms with van der Waals surface area (Å²) in [4.78, 5) is 11.8. The summed E-state index contributed by atoms with van der Waals surface area (Å²) in [7, 11) is 0. The maximum Gasteiger partial charge on any atom is 0.163 e. The molecular weight excluding hydrogens is 342 g/mol. The zero-order valence-electron chi connectivity index (χ0n) is 11.1. The van der Waals surface area contributed by atoms with Gasteiger partial charge in [0.25, 0.3) is 0 Å². The van der Waals surface area contributed by atoms with Gasteiger partial charge in [0.1, 0.15) is 17.4 Å². The Morgan fingerprint density at radius 1 is 1.05 bits per heavy atom.